The van der Waals surface area contributed by atoms with Gasteiger partial charge in [0, 0.05) is 5.56 Å². The molecule has 0 spiro atoms. The number of methoxy groups -OCH3 is 2. The zero-order valence-electron chi connectivity index (χ0n) is 12.1. The van der Waals surface area contributed by atoms with Gasteiger partial charge in [0.15, 0.2) is 11.5 Å². The molecule has 0 aliphatic rings. The Labute approximate surface area is 127 Å². The molecular weight excluding hydrogens is 296 g/mol. The van der Waals surface area contributed by atoms with Crippen molar-refractivity contribution in [3.63, 3.8) is 0 Å². The molecule has 21 heavy (non-hydrogen) atoms. The van der Waals surface area contributed by atoms with Crippen LogP contribution in [0.25, 0.3) is 11.4 Å². The van der Waals surface area contributed by atoms with E-state index in [4.69, 9.17) is 25.6 Å². The Kier molecular flexibility index (Phi) is 4.47. The number of rotatable bonds is 5. The van der Waals surface area contributed by atoms with Crippen LogP contribution in [0.4, 0.5) is 0 Å². The summed E-state index contributed by atoms with van der Waals surface area (Å²) in [4.78, 5) is 15.6. The number of aromatic nitrogens is 2. The van der Waals surface area contributed by atoms with Gasteiger partial charge in [-0.3, -0.25) is 4.79 Å². The fourth-order valence-corrected chi connectivity index (χ4v) is 2.04. The van der Waals surface area contributed by atoms with Crippen molar-refractivity contribution in [3.05, 3.63) is 23.0 Å². The molecule has 2 rings (SSSR count). The summed E-state index contributed by atoms with van der Waals surface area (Å²) in [7, 11) is 3.02. The Morgan fingerprint density at radius 3 is 2.62 bits per heavy atom. The Balaban J connectivity index is 2.43. The van der Waals surface area contributed by atoms with Crippen LogP contribution >= 0.6 is 11.6 Å². The molecule has 6 nitrogen and oxygen atoms in total. The van der Waals surface area contributed by atoms with Gasteiger partial charge in [0.1, 0.15) is 5.78 Å². The Morgan fingerprint density at radius 2 is 2.05 bits per heavy atom. The van der Waals surface area contributed by atoms with Crippen molar-refractivity contribution in [2.24, 2.45) is 0 Å². The fraction of sp³-hybridized carbons (Fsp3) is 0.357. The highest BCUT2D eigenvalue weighted by Crippen LogP contribution is 2.38. The normalized spacial score (nSPS) is 12.0. The maximum atomic E-state index is 11.3. The molecule has 0 saturated heterocycles. The average molecular weight is 311 g/mol. The lowest BCUT2D eigenvalue weighted by Gasteiger charge is -2.10. The van der Waals surface area contributed by atoms with Crippen LogP contribution in [0.1, 0.15) is 25.7 Å². The predicted molar refractivity (Wildman–Crippen MR) is 76.9 cm³/mol. The summed E-state index contributed by atoms with van der Waals surface area (Å²) in [6.45, 7) is 3.18. The second-order valence-corrected chi connectivity index (χ2v) is 4.89. The standard InChI is InChI=1S/C14H15ClN2O4/c1-7(8(2)18)14-16-13(17-21-14)9-5-10(15)12(20-4)11(6-9)19-3/h5-7H,1-4H3. The number of hydrogen-bond donors (Lipinski definition) is 0. The number of Topliss-reactive ketones (excluding diaryl/α,β-unsaturated/α-hetero) is 1. The van der Waals surface area contributed by atoms with Crippen LogP contribution in [-0.4, -0.2) is 30.1 Å². The number of halogens is 1. The van der Waals surface area contributed by atoms with E-state index in [1.165, 1.54) is 21.1 Å². The van der Waals surface area contributed by atoms with E-state index in [-0.39, 0.29) is 11.7 Å². The predicted octanol–water partition coefficient (Wildman–Crippen LogP) is 3.10. The van der Waals surface area contributed by atoms with Gasteiger partial charge in [0.2, 0.25) is 11.7 Å². The molecule has 0 bridgehead atoms. The molecule has 2 aromatic rings. The van der Waals surface area contributed by atoms with E-state index in [9.17, 15) is 4.79 Å². The monoisotopic (exact) mass is 310 g/mol. The smallest absolute Gasteiger partial charge is 0.237 e. The first-order chi connectivity index (χ1) is 9.97. The zero-order valence-corrected chi connectivity index (χ0v) is 12.9. The Bertz CT molecular complexity index is 669. The third-order valence-electron chi connectivity index (χ3n) is 3.11. The van der Waals surface area contributed by atoms with Gasteiger partial charge >= 0.3 is 0 Å². The molecule has 112 valence electrons. The minimum Gasteiger partial charge on any atom is -0.493 e. The van der Waals surface area contributed by atoms with Crippen LogP contribution in [0.2, 0.25) is 5.02 Å². The van der Waals surface area contributed by atoms with Gasteiger partial charge in [-0.25, -0.2) is 0 Å². The number of ether oxygens (including phenoxy) is 2. The number of ketones is 1. The second kappa shape index (κ2) is 6.13. The van der Waals surface area contributed by atoms with Gasteiger partial charge in [-0.05, 0) is 26.0 Å². The van der Waals surface area contributed by atoms with Crippen molar-refractivity contribution >= 4 is 17.4 Å². The zero-order chi connectivity index (χ0) is 15.6. The number of benzene rings is 1. The first-order valence-corrected chi connectivity index (χ1v) is 6.61. The van der Waals surface area contributed by atoms with Crippen LogP contribution in [0, 0.1) is 0 Å². The van der Waals surface area contributed by atoms with Crippen LogP contribution in [-0.2, 0) is 4.79 Å². The summed E-state index contributed by atoms with van der Waals surface area (Å²) in [5, 5.41) is 4.24. The quantitative estimate of drug-likeness (QED) is 0.844. The summed E-state index contributed by atoms with van der Waals surface area (Å²) < 4.78 is 15.5. The number of carbonyl (C=O) groups excluding carboxylic acids is 1. The minimum atomic E-state index is -0.443. The van der Waals surface area contributed by atoms with Gasteiger partial charge < -0.3 is 14.0 Å². The molecule has 0 fully saturated rings. The van der Waals surface area contributed by atoms with Gasteiger partial charge in [0.25, 0.3) is 0 Å². The average Bonchev–Trinajstić information content (AvgIpc) is 2.95. The van der Waals surface area contributed by atoms with E-state index in [2.05, 4.69) is 10.1 Å². The van der Waals surface area contributed by atoms with E-state index < -0.39 is 5.92 Å². The lowest BCUT2D eigenvalue weighted by atomic mass is 10.1. The summed E-state index contributed by atoms with van der Waals surface area (Å²) in [6.07, 6.45) is 0. The molecule has 0 saturated carbocycles. The van der Waals surface area contributed by atoms with Crippen molar-refractivity contribution < 1.29 is 18.8 Å². The molecule has 0 aliphatic heterocycles. The maximum Gasteiger partial charge on any atom is 0.237 e. The van der Waals surface area contributed by atoms with E-state index in [1.54, 1.807) is 19.1 Å². The molecule has 7 heteroatoms. The molecule has 0 amide bonds. The van der Waals surface area contributed by atoms with Crippen molar-refractivity contribution in [3.8, 4) is 22.9 Å². The lowest BCUT2D eigenvalue weighted by molar-refractivity contribution is -0.118. The van der Waals surface area contributed by atoms with Gasteiger partial charge in [0.05, 0.1) is 25.2 Å². The number of hydrogen-bond acceptors (Lipinski definition) is 6. The third kappa shape index (κ3) is 3.00. The first-order valence-electron chi connectivity index (χ1n) is 6.23. The van der Waals surface area contributed by atoms with Crippen LogP contribution in [0.3, 0.4) is 0 Å². The third-order valence-corrected chi connectivity index (χ3v) is 3.39. The molecule has 1 aromatic carbocycles. The van der Waals surface area contributed by atoms with Gasteiger partial charge in [-0.2, -0.15) is 4.98 Å². The summed E-state index contributed by atoms with van der Waals surface area (Å²) in [5.74, 6) is 1.01. The topological polar surface area (TPSA) is 74.5 Å². The van der Waals surface area contributed by atoms with Crippen LogP contribution in [0.15, 0.2) is 16.7 Å². The number of carbonyl (C=O) groups is 1. The highest BCUT2D eigenvalue weighted by molar-refractivity contribution is 6.32. The van der Waals surface area contributed by atoms with E-state index >= 15 is 0 Å². The molecule has 0 aliphatic carbocycles. The highest BCUT2D eigenvalue weighted by Gasteiger charge is 2.20. The van der Waals surface area contributed by atoms with Crippen molar-refractivity contribution in [1.29, 1.82) is 0 Å². The largest absolute Gasteiger partial charge is 0.493 e. The molecule has 0 N–H and O–H groups in total. The SMILES string of the molecule is COc1cc(-c2noc(C(C)C(C)=O)n2)cc(Cl)c1OC. The molecule has 1 heterocycles. The summed E-state index contributed by atoms with van der Waals surface area (Å²) >= 11 is 6.14. The van der Waals surface area contributed by atoms with E-state index in [1.807, 2.05) is 0 Å². The Morgan fingerprint density at radius 1 is 1.33 bits per heavy atom. The van der Waals surface area contributed by atoms with Crippen LogP contribution < -0.4 is 9.47 Å². The van der Waals surface area contributed by atoms with E-state index in [0.29, 0.717) is 27.9 Å². The van der Waals surface area contributed by atoms with Crippen molar-refractivity contribution in [1.82, 2.24) is 10.1 Å². The van der Waals surface area contributed by atoms with Gasteiger partial charge in [-0.15, -0.1) is 0 Å². The van der Waals surface area contributed by atoms with E-state index in [0.717, 1.165) is 0 Å². The maximum absolute atomic E-state index is 11.3. The summed E-state index contributed by atoms with van der Waals surface area (Å²) in [6, 6.07) is 3.34. The van der Waals surface area contributed by atoms with Gasteiger partial charge in [-0.1, -0.05) is 16.8 Å². The minimum absolute atomic E-state index is 0.0458. The second-order valence-electron chi connectivity index (χ2n) is 4.48. The van der Waals surface area contributed by atoms with Crippen molar-refractivity contribution in [2.45, 2.75) is 19.8 Å². The molecule has 1 aromatic heterocycles. The Hall–Kier alpha value is -2.08. The molecule has 1 unspecified atom stereocenters. The molecular formula is C14H15ClN2O4. The molecule has 1 atom stereocenters. The molecule has 0 radical (unpaired) electrons. The highest BCUT2D eigenvalue weighted by atomic mass is 35.5. The van der Waals surface area contributed by atoms with Crippen molar-refractivity contribution in [2.75, 3.05) is 14.2 Å². The fourth-order valence-electron chi connectivity index (χ4n) is 1.75. The first kappa shape index (κ1) is 15.3. The lowest BCUT2D eigenvalue weighted by Crippen LogP contribution is -2.04. The number of nitrogens with zero attached hydrogens (tertiary/aromatic N) is 2. The van der Waals surface area contributed by atoms with Crippen LogP contribution in [0.5, 0.6) is 11.5 Å². The summed E-state index contributed by atoms with van der Waals surface area (Å²) in [5.41, 5.74) is 0.614.